The molecule has 1 amide bonds. The van der Waals surface area contributed by atoms with Gasteiger partial charge in [0.05, 0.1) is 5.69 Å². The fraction of sp³-hybridized carbons (Fsp3) is 0.474. The van der Waals surface area contributed by atoms with Crippen LogP contribution in [0.3, 0.4) is 0 Å². The van der Waals surface area contributed by atoms with Crippen molar-refractivity contribution in [1.29, 1.82) is 0 Å². The van der Waals surface area contributed by atoms with Crippen LogP contribution in [0.15, 0.2) is 30.3 Å². The summed E-state index contributed by atoms with van der Waals surface area (Å²) < 4.78 is 14.7. The molecule has 1 fully saturated rings. The van der Waals surface area contributed by atoms with Crippen molar-refractivity contribution in [1.82, 2.24) is 20.0 Å². The Morgan fingerprint density at radius 3 is 2.60 bits per heavy atom. The Kier molecular flexibility index (Phi) is 5.48. The van der Waals surface area contributed by atoms with Crippen LogP contribution in [0.25, 0.3) is 11.3 Å². The van der Waals surface area contributed by atoms with Crippen LogP contribution in [0.4, 0.5) is 4.39 Å². The predicted octanol–water partition coefficient (Wildman–Crippen LogP) is 2.83. The molecule has 1 aromatic heterocycles. The number of rotatable bonds is 5. The third-order valence-electron chi connectivity index (χ3n) is 4.82. The number of piperidine rings is 1. The number of hydrogen-bond donors (Lipinski definition) is 1. The van der Waals surface area contributed by atoms with Crippen molar-refractivity contribution < 1.29 is 9.18 Å². The van der Waals surface area contributed by atoms with Gasteiger partial charge in [-0.05, 0) is 68.8 Å². The van der Waals surface area contributed by atoms with Gasteiger partial charge in [0.15, 0.2) is 5.69 Å². The van der Waals surface area contributed by atoms with Crippen molar-refractivity contribution in [2.45, 2.75) is 32.2 Å². The maximum Gasteiger partial charge on any atom is 0.271 e. The summed E-state index contributed by atoms with van der Waals surface area (Å²) in [6.45, 7) is 4.97. The van der Waals surface area contributed by atoms with E-state index in [1.807, 2.05) is 0 Å². The van der Waals surface area contributed by atoms with Gasteiger partial charge in [-0.15, -0.1) is 0 Å². The second kappa shape index (κ2) is 7.78. The zero-order valence-corrected chi connectivity index (χ0v) is 14.8. The minimum absolute atomic E-state index is 0.173. The largest absolute Gasteiger partial charge is 0.349 e. The quantitative estimate of drug-likeness (QED) is 0.907. The van der Waals surface area contributed by atoms with Crippen LogP contribution in [-0.4, -0.2) is 46.3 Å². The number of halogens is 1. The molecule has 2 heterocycles. The van der Waals surface area contributed by atoms with Gasteiger partial charge in [0, 0.05) is 19.6 Å². The zero-order valence-electron chi connectivity index (χ0n) is 14.8. The highest BCUT2D eigenvalue weighted by Crippen LogP contribution is 2.20. The molecule has 1 N–H and O–H groups in total. The smallest absolute Gasteiger partial charge is 0.271 e. The number of benzene rings is 1. The molecule has 0 bridgehead atoms. The van der Waals surface area contributed by atoms with Crippen LogP contribution in [0, 0.1) is 5.82 Å². The number of aromatic nitrogens is 2. The summed E-state index contributed by atoms with van der Waals surface area (Å²) in [7, 11) is 1.78. The van der Waals surface area contributed by atoms with Crippen molar-refractivity contribution in [3.63, 3.8) is 0 Å². The molecule has 3 rings (SSSR count). The van der Waals surface area contributed by atoms with Crippen molar-refractivity contribution >= 4 is 5.91 Å². The van der Waals surface area contributed by atoms with Gasteiger partial charge >= 0.3 is 0 Å². The van der Waals surface area contributed by atoms with E-state index in [4.69, 9.17) is 0 Å². The van der Waals surface area contributed by atoms with E-state index in [1.165, 1.54) is 31.4 Å². The van der Waals surface area contributed by atoms with Crippen molar-refractivity contribution in [3.05, 3.63) is 41.8 Å². The molecule has 6 heteroatoms. The lowest BCUT2D eigenvalue weighted by molar-refractivity contribution is 0.0924. The lowest BCUT2D eigenvalue weighted by Gasteiger charge is -2.32. The topological polar surface area (TPSA) is 50.2 Å². The molecule has 2 aromatic rings. The molecule has 1 aliphatic rings. The Morgan fingerprint density at radius 1 is 1.24 bits per heavy atom. The van der Waals surface area contributed by atoms with Crippen molar-refractivity contribution in [2.24, 2.45) is 7.05 Å². The molecule has 0 saturated carbocycles. The Balaban J connectivity index is 1.62. The molecule has 1 atom stereocenters. The Hall–Kier alpha value is -2.21. The zero-order chi connectivity index (χ0) is 17.8. The Bertz CT molecular complexity index is 720. The Morgan fingerprint density at radius 2 is 1.92 bits per heavy atom. The van der Waals surface area contributed by atoms with Crippen LogP contribution < -0.4 is 5.32 Å². The molecule has 5 nitrogen and oxygen atoms in total. The molecule has 25 heavy (non-hydrogen) atoms. The predicted molar refractivity (Wildman–Crippen MR) is 95.8 cm³/mol. The van der Waals surface area contributed by atoms with Gasteiger partial charge in [0.25, 0.3) is 5.91 Å². The van der Waals surface area contributed by atoms with Crippen molar-refractivity contribution in [3.8, 4) is 11.3 Å². The van der Waals surface area contributed by atoms with Crippen LogP contribution in [0.1, 0.15) is 36.7 Å². The van der Waals surface area contributed by atoms with Gasteiger partial charge in [-0.1, -0.05) is 6.42 Å². The number of nitrogens with zero attached hydrogens (tertiary/aromatic N) is 3. The molecular weight excluding hydrogens is 319 g/mol. The average molecular weight is 344 g/mol. The molecule has 0 spiro atoms. The summed E-state index contributed by atoms with van der Waals surface area (Å²) in [4.78, 5) is 14.8. The summed E-state index contributed by atoms with van der Waals surface area (Å²) in [5, 5.41) is 7.28. The monoisotopic (exact) mass is 344 g/mol. The fourth-order valence-corrected chi connectivity index (χ4v) is 3.29. The molecule has 1 saturated heterocycles. The highest BCUT2D eigenvalue weighted by atomic mass is 19.1. The first-order valence-corrected chi connectivity index (χ1v) is 8.87. The van der Waals surface area contributed by atoms with Crippen LogP contribution >= 0.6 is 0 Å². The summed E-state index contributed by atoms with van der Waals surface area (Å²) in [6.07, 6.45) is 3.77. The van der Waals surface area contributed by atoms with Gasteiger partial charge in [-0.3, -0.25) is 14.4 Å². The third kappa shape index (κ3) is 4.25. The molecule has 1 aliphatic heterocycles. The second-order valence-corrected chi connectivity index (χ2v) is 6.70. The van der Waals surface area contributed by atoms with E-state index in [1.54, 1.807) is 29.9 Å². The first-order valence-electron chi connectivity index (χ1n) is 8.87. The van der Waals surface area contributed by atoms with Crippen LogP contribution in [0.2, 0.25) is 0 Å². The molecule has 1 aromatic carbocycles. The molecule has 0 aliphatic carbocycles. The van der Waals surface area contributed by atoms with Gasteiger partial charge < -0.3 is 5.32 Å². The van der Waals surface area contributed by atoms with Crippen LogP contribution in [0.5, 0.6) is 0 Å². The number of carbonyl (C=O) groups is 1. The Labute approximate surface area is 147 Å². The van der Waals surface area contributed by atoms with Gasteiger partial charge in [0.1, 0.15) is 5.82 Å². The van der Waals surface area contributed by atoms with E-state index in [2.05, 4.69) is 22.2 Å². The highest BCUT2D eigenvalue weighted by molar-refractivity contribution is 5.93. The lowest BCUT2D eigenvalue weighted by atomic mass is 10.1. The van der Waals surface area contributed by atoms with E-state index in [-0.39, 0.29) is 11.7 Å². The molecule has 134 valence electrons. The minimum Gasteiger partial charge on any atom is -0.349 e. The van der Waals surface area contributed by atoms with E-state index in [0.29, 0.717) is 18.3 Å². The number of likely N-dealkylation sites (tertiary alicyclic amines) is 1. The first-order chi connectivity index (χ1) is 12.0. The SMILES string of the molecule is CC(CNC(=O)c1cc(-c2ccc(F)cc2)n(C)n1)N1CCCCC1. The standard InChI is InChI=1S/C19H25FN4O/c1-14(24-10-4-3-5-11-24)13-21-19(25)17-12-18(23(2)22-17)15-6-8-16(20)9-7-15/h6-9,12,14H,3-5,10-11,13H2,1-2H3,(H,21,25). The maximum absolute atomic E-state index is 13.1. The normalized spacial score (nSPS) is 16.6. The minimum atomic E-state index is -0.282. The number of aryl methyl sites for hydroxylation is 1. The van der Waals surface area contributed by atoms with Crippen molar-refractivity contribution in [2.75, 3.05) is 19.6 Å². The van der Waals surface area contributed by atoms with E-state index >= 15 is 0 Å². The summed E-state index contributed by atoms with van der Waals surface area (Å²) in [6, 6.07) is 8.25. The molecular formula is C19H25FN4O. The maximum atomic E-state index is 13.1. The fourth-order valence-electron chi connectivity index (χ4n) is 3.29. The number of amides is 1. The lowest BCUT2D eigenvalue weighted by Crippen LogP contribution is -2.44. The van der Waals surface area contributed by atoms with E-state index in [9.17, 15) is 9.18 Å². The molecule has 0 radical (unpaired) electrons. The van der Waals surface area contributed by atoms with E-state index in [0.717, 1.165) is 24.3 Å². The number of nitrogens with one attached hydrogen (secondary N) is 1. The average Bonchev–Trinajstić information content (AvgIpc) is 3.02. The third-order valence-corrected chi connectivity index (χ3v) is 4.82. The molecule has 1 unspecified atom stereocenters. The first kappa shape index (κ1) is 17.6. The summed E-state index contributed by atoms with van der Waals surface area (Å²) in [5.74, 6) is -0.455. The van der Waals surface area contributed by atoms with Gasteiger partial charge in [-0.2, -0.15) is 5.10 Å². The highest BCUT2D eigenvalue weighted by Gasteiger charge is 2.19. The second-order valence-electron chi connectivity index (χ2n) is 6.70. The van der Waals surface area contributed by atoms with Gasteiger partial charge in [-0.25, -0.2) is 4.39 Å². The number of carbonyl (C=O) groups excluding carboxylic acids is 1. The van der Waals surface area contributed by atoms with Gasteiger partial charge in [0.2, 0.25) is 0 Å². The van der Waals surface area contributed by atoms with E-state index < -0.39 is 0 Å². The van der Waals surface area contributed by atoms with Crippen LogP contribution in [-0.2, 0) is 7.05 Å². The summed E-state index contributed by atoms with van der Waals surface area (Å²) in [5.41, 5.74) is 2.00. The summed E-state index contributed by atoms with van der Waals surface area (Å²) >= 11 is 0. The number of hydrogen-bond acceptors (Lipinski definition) is 3.